The maximum Gasteiger partial charge on any atom is 0.450 e. The van der Waals surface area contributed by atoms with Crippen LogP contribution in [-0.2, 0) is 9.59 Å². The highest BCUT2D eigenvalue weighted by molar-refractivity contribution is 6.10. The lowest BCUT2D eigenvalue weighted by Gasteiger charge is -2.14. The number of hydrogen-bond donors (Lipinski definition) is 0. The molecule has 0 fully saturated rings. The van der Waals surface area contributed by atoms with Crippen molar-refractivity contribution >= 4 is 33.9 Å². The van der Waals surface area contributed by atoms with Gasteiger partial charge in [-0.3, -0.25) is 19.2 Å². The molecule has 42 heavy (non-hydrogen) atoms. The van der Waals surface area contributed by atoms with Crippen molar-refractivity contribution in [2.45, 2.75) is 25.2 Å². The van der Waals surface area contributed by atoms with Gasteiger partial charge in [0.25, 0.3) is 0 Å². The summed E-state index contributed by atoms with van der Waals surface area (Å²) in [6.07, 6.45) is -12.8. The summed E-state index contributed by atoms with van der Waals surface area (Å²) in [5.74, 6) is -4.97. The van der Waals surface area contributed by atoms with Crippen molar-refractivity contribution in [3.8, 4) is 23.0 Å². The maximum atomic E-state index is 12.4. The summed E-state index contributed by atoms with van der Waals surface area (Å²) < 4.78 is 86.5. The second-order valence-corrected chi connectivity index (χ2v) is 8.90. The Labute approximate surface area is 233 Å². The lowest BCUT2D eigenvalue weighted by atomic mass is 10.1. The molecule has 0 amide bonds. The number of Topliss-reactive ketones (excluding diaryl/α,β-unsaturated/α-hetero) is 4. The van der Waals surface area contributed by atoms with Crippen LogP contribution >= 0.6 is 0 Å². The van der Waals surface area contributed by atoms with Crippen LogP contribution in [0.3, 0.4) is 0 Å². The topological polar surface area (TPSA) is 86.7 Å². The Bertz CT molecular complexity index is 1530. The molecule has 6 nitrogen and oxygen atoms in total. The summed E-state index contributed by atoms with van der Waals surface area (Å²) in [6.45, 7) is 0. The van der Waals surface area contributed by atoms with Crippen LogP contribution in [0.1, 0.15) is 33.6 Å². The number of fused-ring (bicyclic) bond motifs is 1. The van der Waals surface area contributed by atoms with Gasteiger partial charge in [0, 0.05) is 21.9 Å². The molecule has 0 aliphatic carbocycles. The number of halogens is 6. The average molecular weight is 588 g/mol. The quantitative estimate of drug-likeness (QED) is 0.107. The molecule has 0 unspecified atom stereocenters. The van der Waals surface area contributed by atoms with Crippen molar-refractivity contribution < 1.29 is 55.0 Å². The fraction of sp³-hybridized carbons (Fsp3) is 0.133. The van der Waals surface area contributed by atoms with E-state index in [9.17, 15) is 45.5 Å². The van der Waals surface area contributed by atoms with E-state index in [2.05, 4.69) is 0 Å². The van der Waals surface area contributed by atoms with E-state index in [-0.39, 0.29) is 22.6 Å². The Morgan fingerprint density at radius 3 is 1.14 bits per heavy atom. The van der Waals surface area contributed by atoms with Gasteiger partial charge in [-0.15, -0.1) is 0 Å². The van der Waals surface area contributed by atoms with Crippen molar-refractivity contribution in [2.24, 2.45) is 0 Å². The van der Waals surface area contributed by atoms with E-state index in [0.29, 0.717) is 22.3 Å². The van der Waals surface area contributed by atoms with Crippen LogP contribution in [-0.4, -0.2) is 35.5 Å². The van der Waals surface area contributed by atoms with Crippen molar-refractivity contribution in [2.75, 3.05) is 0 Å². The number of alkyl halides is 6. The molecule has 216 valence electrons. The fourth-order valence-corrected chi connectivity index (χ4v) is 3.79. The van der Waals surface area contributed by atoms with Gasteiger partial charge in [-0.05, 0) is 60.7 Å². The van der Waals surface area contributed by atoms with Crippen molar-refractivity contribution in [3.63, 3.8) is 0 Å². The number of carbonyl (C=O) groups excluding carboxylic acids is 4. The molecule has 0 aliphatic heterocycles. The largest absolute Gasteiger partial charge is 0.457 e. The number of carbonyl (C=O) groups is 4. The molecule has 0 N–H and O–H groups in total. The fourth-order valence-electron chi connectivity index (χ4n) is 3.79. The average Bonchev–Trinajstić information content (AvgIpc) is 2.94. The maximum absolute atomic E-state index is 12.4. The lowest BCUT2D eigenvalue weighted by Crippen LogP contribution is -2.25. The van der Waals surface area contributed by atoms with Crippen LogP contribution in [0.2, 0.25) is 0 Å². The Kier molecular flexibility index (Phi) is 8.46. The monoisotopic (exact) mass is 588 g/mol. The highest BCUT2D eigenvalue weighted by Gasteiger charge is 2.40. The summed E-state index contributed by atoms with van der Waals surface area (Å²) in [5.41, 5.74) is -0.179. The second-order valence-electron chi connectivity index (χ2n) is 8.90. The molecular formula is C30H18F6O6. The van der Waals surface area contributed by atoms with Gasteiger partial charge in [-0.2, -0.15) is 26.3 Å². The summed E-state index contributed by atoms with van der Waals surface area (Å²) in [4.78, 5) is 46.2. The van der Waals surface area contributed by atoms with Crippen LogP contribution in [0.15, 0.2) is 84.9 Å². The Morgan fingerprint density at radius 2 is 0.833 bits per heavy atom. The molecule has 0 heterocycles. The first kappa shape index (κ1) is 30.0. The molecule has 4 aromatic carbocycles. The first-order chi connectivity index (χ1) is 19.7. The van der Waals surface area contributed by atoms with Crippen LogP contribution in [0.4, 0.5) is 26.3 Å². The molecule has 0 saturated heterocycles. The van der Waals surface area contributed by atoms with Gasteiger partial charge >= 0.3 is 12.4 Å². The van der Waals surface area contributed by atoms with E-state index in [0.717, 1.165) is 0 Å². The zero-order valence-electron chi connectivity index (χ0n) is 21.2. The molecule has 4 aromatic rings. The molecule has 12 heteroatoms. The van der Waals surface area contributed by atoms with Crippen LogP contribution in [0.25, 0.3) is 10.8 Å². The van der Waals surface area contributed by atoms with E-state index in [1.54, 1.807) is 36.4 Å². The molecule has 4 rings (SSSR count). The normalized spacial score (nSPS) is 11.7. The second kappa shape index (κ2) is 11.9. The molecule has 0 aromatic heterocycles. The zero-order valence-corrected chi connectivity index (χ0v) is 21.2. The SMILES string of the molecule is O=C(CC(=O)C(F)(F)F)c1ccc(Oc2ccc(Oc3ccc(C(=O)CC(=O)C(F)(F)F)cc3)c3ccccc23)cc1. The minimum absolute atomic E-state index is 0.0896. The van der Waals surface area contributed by atoms with Gasteiger partial charge in [0.1, 0.15) is 23.0 Å². The standard InChI is InChI=1S/C30H18F6O6/c31-29(32,33)27(39)15-23(37)17-5-9-19(10-6-17)41-25-13-14-26(22-4-2-1-3-21(22)25)42-20-11-7-18(8-12-20)24(38)16-28(40)30(34,35)36/h1-14H,15-16H2. The van der Waals surface area contributed by atoms with Gasteiger partial charge < -0.3 is 9.47 Å². The summed E-state index contributed by atoms with van der Waals surface area (Å²) in [7, 11) is 0. The van der Waals surface area contributed by atoms with E-state index in [1.807, 2.05) is 0 Å². The van der Waals surface area contributed by atoms with E-state index in [4.69, 9.17) is 9.47 Å². The number of hydrogen-bond acceptors (Lipinski definition) is 6. The van der Waals surface area contributed by atoms with Crippen molar-refractivity contribution in [1.29, 1.82) is 0 Å². The summed E-state index contributed by atoms with van der Waals surface area (Å²) >= 11 is 0. The van der Waals surface area contributed by atoms with Crippen LogP contribution in [0, 0.1) is 0 Å². The zero-order chi connectivity index (χ0) is 30.7. The highest BCUT2D eigenvalue weighted by Crippen LogP contribution is 2.37. The summed E-state index contributed by atoms with van der Waals surface area (Å²) in [6, 6.07) is 20.6. The van der Waals surface area contributed by atoms with E-state index >= 15 is 0 Å². The van der Waals surface area contributed by atoms with Gasteiger partial charge in [-0.1, -0.05) is 24.3 Å². The van der Waals surface area contributed by atoms with Crippen molar-refractivity contribution in [1.82, 2.24) is 0 Å². The number of ether oxygens (including phenoxy) is 2. The van der Waals surface area contributed by atoms with E-state index < -0.39 is 48.3 Å². The highest BCUT2D eigenvalue weighted by atomic mass is 19.4. The predicted octanol–water partition coefficient (Wildman–Crippen LogP) is 7.83. The molecule has 0 bridgehead atoms. The number of rotatable bonds is 10. The minimum atomic E-state index is -5.10. The molecular weight excluding hydrogens is 570 g/mol. The van der Waals surface area contributed by atoms with Gasteiger partial charge in [0.15, 0.2) is 11.6 Å². The Balaban J connectivity index is 1.48. The summed E-state index contributed by atoms with van der Waals surface area (Å²) in [5, 5.41) is 1.20. The Morgan fingerprint density at radius 1 is 0.500 bits per heavy atom. The third kappa shape index (κ3) is 7.19. The third-order valence-corrected chi connectivity index (χ3v) is 5.93. The third-order valence-electron chi connectivity index (χ3n) is 5.93. The molecule has 0 atom stereocenters. The number of ketones is 4. The van der Waals surface area contributed by atoms with Gasteiger partial charge in [-0.25, -0.2) is 0 Å². The first-order valence-electron chi connectivity index (χ1n) is 12.1. The van der Waals surface area contributed by atoms with Crippen LogP contribution < -0.4 is 9.47 Å². The predicted molar refractivity (Wildman–Crippen MR) is 137 cm³/mol. The Hall–Kier alpha value is -5.00. The molecule has 0 radical (unpaired) electrons. The lowest BCUT2D eigenvalue weighted by molar-refractivity contribution is -0.170. The molecule has 0 spiro atoms. The van der Waals surface area contributed by atoms with Gasteiger partial charge in [0.05, 0.1) is 12.8 Å². The van der Waals surface area contributed by atoms with Crippen LogP contribution in [0.5, 0.6) is 23.0 Å². The molecule has 0 saturated carbocycles. The smallest absolute Gasteiger partial charge is 0.450 e. The molecule has 0 aliphatic rings. The van der Waals surface area contributed by atoms with Crippen molar-refractivity contribution in [3.05, 3.63) is 96.1 Å². The first-order valence-corrected chi connectivity index (χ1v) is 12.1. The van der Waals surface area contributed by atoms with Gasteiger partial charge in [0.2, 0.25) is 11.6 Å². The number of benzene rings is 4. The minimum Gasteiger partial charge on any atom is -0.457 e. The van der Waals surface area contributed by atoms with E-state index in [1.165, 1.54) is 48.5 Å².